The van der Waals surface area contributed by atoms with Crippen LogP contribution in [-0.2, 0) is 4.74 Å². The second-order valence-electron chi connectivity index (χ2n) is 3.22. The van der Waals surface area contributed by atoms with E-state index in [1.54, 1.807) is 12.2 Å². The largest absolute Gasteiger partial charge is 0.487 e. The summed E-state index contributed by atoms with van der Waals surface area (Å²) in [6.45, 7) is 9.33. The zero-order valence-corrected chi connectivity index (χ0v) is 9.02. The molecule has 78 valence electrons. The van der Waals surface area contributed by atoms with Crippen LogP contribution in [0.2, 0.25) is 0 Å². The molecule has 0 fully saturated rings. The first-order chi connectivity index (χ1) is 7.26. The maximum absolute atomic E-state index is 5.58. The van der Waals surface area contributed by atoms with E-state index in [1.807, 2.05) is 43.3 Å². The van der Waals surface area contributed by atoms with Gasteiger partial charge >= 0.3 is 0 Å². The molecule has 1 heteroatoms. The van der Waals surface area contributed by atoms with E-state index in [0.717, 1.165) is 11.3 Å². The van der Waals surface area contributed by atoms with Crippen molar-refractivity contribution in [1.29, 1.82) is 0 Å². The van der Waals surface area contributed by atoms with E-state index in [9.17, 15) is 0 Å². The van der Waals surface area contributed by atoms with Gasteiger partial charge in [-0.3, -0.25) is 0 Å². The van der Waals surface area contributed by atoms with Crippen molar-refractivity contribution in [3.05, 3.63) is 67.0 Å². The molecule has 0 aromatic heterocycles. The summed E-state index contributed by atoms with van der Waals surface area (Å²) in [4.78, 5) is 0. The number of rotatable bonds is 5. The summed E-state index contributed by atoms with van der Waals surface area (Å²) in [6, 6.07) is 10.0. The number of hydrogen-bond acceptors (Lipinski definition) is 1. The normalized spacial score (nSPS) is 13.0. The molecule has 0 aliphatic carbocycles. The average Bonchev–Trinajstić information content (AvgIpc) is 2.29. The van der Waals surface area contributed by atoms with Gasteiger partial charge in [0.1, 0.15) is 11.9 Å². The molecule has 1 aromatic carbocycles. The predicted octanol–water partition coefficient (Wildman–Crippen LogP) is 3.80. The Morgan fingerprint density at radius 2 is 1.93 bits per heavy atom. The maximum atomic E-state index is 5.58. The topological polar surface area (TPSA) is 9.23 Å². The van der Waals surface area contributed by atoms with Crippen LogP contribution in [0, 0.1) is 0 Å². The molecule has 1 rings (SSSR count). The van der Waals surface area contributed by atoms with Gasteiger partial charge in [0.2, 0.25) is 0 Å². The third kappa shape index (κ3) is 3.86. The highest BCUT2D eigenvalue weighted by atomic mass is 16.5. The molecule has 1 atom stereocenters. The lowest BCUT2D eigenvalue weighted by atomic mass is 10.2. The summed E-state index contributed by atoms with van der Waals surface area (Å²) in [6.07, 6.45) is 5.40. The van der Waals surface area contributed by atoms with Crippen LogP contribution in [0.4, 0.5) is 0 Å². The molecule has 15 heavy (non-hydrogen) atoms. The van der Waals surface area contributed by atoms with Crippen LogP contribution < -0.4 is 0 Å². The van der Waals surface area contributed by atoms with Crippen molar-refractivity contribution >= 4 is 6.08 Å². The average molecular weight is 200 g/mol. The minimum absolute atomic E-state index is 0.00189. The summed E-state index contributed by atoms with van der Waals surface area (Å²) in [5.74, 6) is 0.758. The quantitative estimate of drug-likeness (QED) is 0.399. The van der Waals surface area contributed by atoms with E-state index in [0.29, 0.717) is 0 Å². The number of ether oxygens (including phenoxy) is 1. The first-order valence-corrected chi connectivity index (χ1v) is 4.94. The van der Waals surface area contributed by atoms with Crippen LogP contribution in [-0.4, -0.2) is 6.10 Å². The first kappa shape index (κ1) is 11.3. The monoisotopic (exact) mass is 200 g/mol. The zero-order chi connectivity index (χ0) is 11.1. The molecular weight excluding hydrogens is 184 g/mol. The zero-order valence-electron chi connectivity index (χ0n) is 9.02. The predicted molar refractivity (Wildman–Crippen MR) is 65.4 cm³/mol. The van der Waals surface area contributed by atoms with E-state index in [4.69, 9.17) is 4.74 Å². The Morgan fingerprint density at radius 3 is 2.47 bits per heavy atom. The summed E-state index contributed by atoms with van der Waals surface area (Å²) in [5.41, 5.74) is 1.10. The van der Waals surface area contributed by atoms with Gasteiger partial charge in [0, 0.05) is 0 Å². The molecule has 0 amide bonds. The molecule has 0 bridgehead atoms. The lowest BCUT2D eigenvalue weighted by Gasteiger charge is -2.10. The highest BCUT2D eigenvalue weighted by Gasteiger charge is 1.98. The van der Waals surface area contributed by atoms with Gasteiger partial charge in [0.25, 0.3) is 0 Å². The van der Waals surface area contributed by atoms with E-state index < -0.39 is 0 Å². The van der Waals surface area contributed by atoms with Gasteiger partial charge in [-0.25, -0.2) is 0 Å². The van der Waals surface area contributed by atoms with Crippen LogP contribution in [0.3, 0.4) is 0 Å². The molecule has 1 unspecified atom stereocenters. The van der Waals surface area contributed by atoms with Crippen molar-refractivity contribution in [2.45, 2.75) is 13.0 Å². The van der Waals surface area contributed by atoms with Crippen LogP contribution in [0.15, 0.2) is 61.4 Å². The summed E-state index contributed by atoms with van der Waals surface area (Å²) in [5, 5.41) is 0. The summed E-state index contributed by atoms with van der Waals surface area (Å²) >= 11 is 0. The standard InChI is InChI=1S/C14H16O/c1-4-12(3)15-14(5-2)11-13-9-7-6-8-10-13/h4-12H,1-2H2,3H3/b14-11-. The van der Waals surface area contributed by atoms with Gasteiger partial charge in [0.05, 0.1) is 0 Å². The Labute approximate surface area is 91.4 Å². The summed E-state index contributed by atoms with van der Waals surface area (Å²) in [7, 11) is 0. The number of hydrogen-bond donors (Lipinski definition) is 0. The van der Waals surface area contributed by atoms with Crippen molar-refractivity contribution in [2.24, 2.45) is 0 Å². The molecule has 0 saturated heterocycles. The molecule has 1 aromatic rings. The van der Waals surface area contributed by atoms with Crippen LogP contribution in [0.25, 0.3) is 6.08 Å². The van der Waals surface area contributed by atoms with Crippen molar-refractivity contribution in [1.82, 2.24) is 0 Å². The van der Waals surface area contributed by atoms with Gasteiger partial charge in [-0.1, -0.05) is 49.6 Å². The molecule has 0 aliphatic rings. The van der Waals surface area contributed by atoms with E-state index >= 15 is 0 Å². The highest BCUT2D eigenvalue weighted by molar-refractivity contribution is 5.53. The fraction of sp³-hybridized carbons (Fsp3) is 0.143. The molecule has 0 radical (unpaired) electrons. The van der Waals surface area contributed by atoms with Gasteiger partial charge in [-0.15, -0.1) is 0 Å². The summed E-state index contributed by atoms with van der Waals surface area (Å²) < 4.78 is 5.58. The van der Waals surface area contributed by atoms with Crippen LogP contribution in [0.5, 0.6) is 0 Å². The Bertz CT molecular complexity index is 349. The third-order valence-electron chi connectivity index (χ3n) is 1.96. The highest BCUT2D eigenvalue weighted by Crippen LogP contribution is 2.10. The minimum atomic E-state index is -0.00189. The molecule has 0 heterocycles. The second kappa shape index (κ2) is 5.86. The first-order valence-electron chi connectivity index (χ1n) is 4.94. The van der Waals surface area contributed by atoms with Gasteiger partial charge in [-0.05, 0) is 24.6 Å². The molecule has 0 saturated carbocycles. The van der Waals surface area contributed by atoms with Crippen LogP contribution >= 0.6 is 0 Å². The Hall–Kier alpha value is -1.76. The van der Waals surface area contributed by atoms with Crippen molar-refractivity contribution < 1.29 is 4.74 Å². The van der Waals surface area contributed by atoms with Crippen LogP contribution in [0.1, 0.15) is 12.5 Å². The maximum Gasteiger partial charge on any atom is 0.120 e. The van der Waals surface area contributed by atoms with Gasteiger partial charge in [0.15, 0.2) is 0 Å². The second-order valence-corrected chi connectivity index (χ2v) is 3.22. The smallest absolute Gasteiger partial charge is 0.120 e. The fourth-order valence-electron chi connectivity index (χ4n) is 1.12. The SMILES string of the molecule is C=C/C(=C/c1ccccc1)OC(C)C=C. The molecule has 0 aliphatic heterocycles. The van der Waals surface area contributed by atoms with E-state index in [-0.39, 0.29) is 6.10 Å². The van der Waals surface area contributed by atoms with Gasteiger partial charge in [-0.2, -0.15) is 0 Å². The third-order valence-corrected chi connectivity index (χ3v) is 1.96. The van der Waals surface area contributed by atoms with E-state index in [2.05, 4.69) is 13.2 Å². The molecular formula is C14H16O. The Kier molecular flexibility index (Phi) is 4.42. The lowest BCUT2D eigenvalue weighted by molar-refractivity contribution is 0.184. The Balaban J connectivity index is 2.78. The molecule has 0 spiro atoms. The van der Waals surface area contributed by atoms with E-state index in [1.165, 1.54) is 0 Å². The number of allylic oxidation sites excluding steroid dienone is 1. The fourth-order valence-corrected chi connectivity index (χ4v) is 1.12. The van der Waals surface area contributed by atoms with Crippen molar-refractivity contribution in [3.63, 3.8) is 0 Å². The minimum Gasteiger partial charge on any atom is -0.487 e. The lowest BCUT2D eigenvalue weighted by Crippen LogP contribution is -2.02. The molecule has 1 nitrogen and oxygen atoms in total. The van der Waals surface area contributed by atoms with Crippen molar-refractivity contribution in [3.8, 4) is 0 Å². The van der Waals surface area contributed by atoms with Crippen molar-refractivity contribution in [2.75, 3.05) is 0 Å². The number of benzene rings is 1. The van der Waals surface area contributed by atoms with Gasteiger partial charge < -0.3 is 4.74 Å². The Morgan fingerprint density at radius 1 is 1.27 bits per heavy atom. The molecule has 0 N–H and O–H groups in total.